The summed E-state index contributed by atoms with van der Waals surface area (Å²) >= 11 is 1.58. The molecule has 3 rings (SSSR count). The van der Waals surface area contributed by atoms with Crippen LogP contribution < -0.4 is 10.6 Å². The Bertz CT molecular complexity index is 689. The van der Waals surface area contributed by atoms with Crippen LogP contribution in [0.3, 0.4) is 0 Å². The average Bonchev–Trinajstić information content (AvgIpc) is 3.20. The van der Waals surface area contributed by atoms with E-state index in [-0.39, 0.29) is 36.1 Å². The fourth-order valence-electron chi connectivity index (χ4n) is 3.17. The Balaban J connectivity index is 0.00000196. The van der Waals surface area contributed by atoms with E-state index in [1.54, 1.807) is 18.9 Å². The van der Waals surface area contributed by atoms with E-state index in [9.17, 15) is 4.79 Å². The summed E-state index contributed by atoms with van der Waals surface area (Å²) in [4.78, 5) is 16.6. The van der Waals surface area contributed by atoms with Gasteiger partial charge in [-0.15, -0.1) is 24.8 Å². The Kier molecular flexibility index (Phi) is 10.8. The van der Waals surface area contributed by atoms with E-state index in [1.807, 2.05) is 24.3 Å². The van der Waals surface area contributed by atoms with Crippen molar-refractivity contribution < 1.29 is 9.53 Å². The monoisotopic (exact) mass is 447 g/mol. The highest BCUT2D eigenvalue weighted by Gasteiger charge is 2.32. The zero-order valence-electron chi connectivity index (χ0n) is 15.8. The maximum absolute atomic E-state index is 12.5. The van der Waals surface area contributed by atoms with Crippen LogP contribution >= 0.6 is 36.6 Å². The molecule has 10 heteroatoms. The molecule has 2 heterocycles. The third-order valence-electron chi connectivity index (χ3n) is 4.72. The van der Waals surface area contributed by atoms with Gasteiger partial charge in [0.2, 0.25) is 0 Å². The topological polar surface area (TPSA) is 91.9 Å². The van der Waals surface area contributed by atoms with Crippen LogP contribution in [0.25, 0.3) is 0 Å². The Morgan fingerprint density at radius 1 is 1.25 bits per heavy atom. The summed E-state index contributed by atoms with van der Waals surface area (Å²) in [6, 6.07) is 7.70. The standard InChI is InChI=1S/C18H25N5O2S.2ClH/c1-25-12-18(6-8-19-9-7-18)11-20-16(24)15-4-2-14(3-5-15)10-26-17-21-13-22-23-17;;/h2-5,13,19H,6-12H2,1H3,(H,20,24)(H,21,22,23);2*1H. The number of methoxy groups -OCH3 is 1. The first-order valence-electron chi connectivity index (χ1n) is 8.76. The van der Waals surface area contributed by atoms with Gasteiger partial charge in [-0.3, -0.25) is 9.89 Å². The fraction of sp³-hybridized carbons (Fsp3) is 0.500. The van der Waals surface area contributed by atoms with Gasteiger partial charge in [-0.1, -0.05) is 23.9 Å². The number of nitrogens with zero attached hydrogens (tertiary/aromatic N) is 2. The highest BCUT2D eigenvalue weighted by atomic mass is 35.5. The molecule has 7 nitrogen and oxygen atoms in total. The van der Waals surface area contributed by atoms with Gasteiger partial charge in [0.25, 0.3) is 5.91 Å². The first-order chi connectivity index (χ1) is 12.7. The maximum atomic E-state index is 12.5. The minimum absolute atomic E-state index is 0. The molecule has 0 radical (unpaired) electrons. The summed E-state index contributed by atoms with van der Waals surface area (Å²) in [5.41, 5.74) is 1.85. The van der Waals surface area contributed by atoms with E-state index < -0.39 is 0 Å². The van der Waals surface area contributed by atoms with Crippen molar-refractivity contribution in [1.82, 2.24) is 25.8 Å². The molecule has 1 aliphatic rings. The second-order valence-electron chi connectivity index (χ2n) is 6.64. The van der Waals surface area contributed by atoms with E-state index in [0.717, 1.165) is 42.4 Å². The molecular weight excluding hydrogens is 421 g/mol. The van der Waals surface area contributed by atoms with E-state index in [0.29, 0.717) is 18.7 Å². The van der Waals surface area contributed by atoms with E-state index in [4.69, 9.17) is 4.74 Å². The molecule has 1 aromatic heterocycles. The number of H-pyrrole nitrogens is 1. The molecule has 3 N–H and O–H groups in total. The number of benzene rings is 1. The number of nitrogens with one attached hydrogen (secondary N) is 3. The number of hydrogen-bond donors (Lipinski definition) is 3. The number of aromatic nitrogens is 3. The predicted octanol–water partition coefficient (Wildman–Crippen LogP) is 2.69. The van der Waals surface area contributed by atoms with Crippen molar-refractivity contribution in [3.63, 3.8) is 0 Å². The molecular formula is C18H27Cl2N5O2S. The average molecular weight is 448 g/mol. The molecule has 0 bridgehead atoms. The van der Waals surface area contributed by atoms with Crippen molar-refractivity contribution in [2.45, 2.75) is 23.8 Å². The molecule has 2 aromatic rings. The molecule has 0 atom stereocenters. The van der Waals surface area contributed by atoms with Gasteiger partial charge in [-0.2, -0.15) is 5.10 Å². The van der Waals surface area contributed by atoms with Gasteiger partial charge in [0.1, 0.15) is 6.33 Å². The van der Waals surface area contributed by atoms with Crippen molar-refractivity contribution in [3.05, 3.63) is 41.7 Å². The van der Waals surface area contributed by atoms with E-state index >= 15 is 0 Å². The molecule has 1 aliphatic heterocycles. The van der Waals surface area contributed by atoms with Gasteiger partial charge >= 0.3 is 0 Å². The van der Waals surface area contributed by atoms with Crippen molar-refractivity contribution >= 4 is 42.5 Å². The molecule has 0 aliphatic carbocycles. The summed E-state index contributed by atoms with van der Waals surface area (Å²) in [6.07, 6.45) is 3.52. The van der Waals surface area contributed by atoms with Gasteiger partial charge < -0.3 is 15.4 Å². The van der Waals surface area contributed by atoms with Crippen LogP contribution in [0.5, 0.6) is 0 Å². The third-order valence-corrected chi connectivity index (χ3v) is 5.67. The second-order valence-corrected chi connectivity index (χ2v) is 7.61. The van der Waals surface area contributed by atoms with Gasteiger partial charge in [0.15, 0.2) is 5.16 Å². The third kappa shape index (κ3) is 6.93. The largest absolute Gasteiger partial charge is 0.384 e. The predicted molar refractivity (Wildman–Crippen MR) is 116 cm³/mol. The number of aromatic amines is 1. The lowest BCUT2D eigenvalue weighted by atomic mass is 9.79. The lowest BCUT2D eigenvalue weighted by molar-refractivity contribution is 0.0512. The van der Waals surface area contributed by atoms with Crippen molar-refractivity contribution in [2.75, 3.05) is 33.4 Å². The summed E-state index contributed by atoms with van der Waals surface area (Å²) < 4.78 is 5.40. The highest BCUT2D eigenvalue weighted by Crippen LogP contribution is 2.28. The van der Waals surface area contributed by atoms with Gasteiger partial charge in [-0.05, 0) is 43.6 Å². The van der Waals surface area contributed by atoms with Crippen molar-refractivity contribution in [2.24, 2.45) is 5.41 Å². The number of amides is 1. The fourth-order valence-corrected chi connectivity index (χ4v) is 3.91. The highest BCUT2D eigenvalue weighted by molar-refractivity contribution is 7.98. The van der Waals surface area contributed by atoms with Crippen LogP contribution in [-0.4, -0.2) is 54.4 Å². The van der Waals surface area contributed by atoms with Crippen molar-refractivity contribution in [1.29, 1.82) is 0 Å². The Hall–Kier alpha value is -1.32. The molecule has 28 heavy (non-hydrogen) atoms. The normalized spacial score (nSPS) is 15.2. The molecule has 156 valence electrons. The molecule has 1 fully saturated rings. The lowest BCUT2D eigenvalue weighted by Crippen LogP contribution is -2.47. The number of halogens is 2. The zero-order valence-corrected chi connectivity index (χ0v) is 18.2. The smallest absolute Gasteiger partial charge is 0.251 e. The molecule has 0 saturated carbocycles. The summed E-state index contributed by atoms with van der Waals surface area (Å²) in [6.45, 7) is 3.25. The van der Waals surface area contributed by atoms with Crippen molar-refractivity contribution in [3.8, 4) is 0 Å². The van der Waals surface area contributed by atoms with Gasteiger partial charge in [0, 0.05) is 30.4 Å². The molecule has 1 saturated heterocycles. The second kappa shape index (κ2) is 12.3. The zero-order chi connectivity index (χ0) is 18.2. The number of carbonyl (C=O) groups is 1. The van der Waals surface area contributed by atoms with Gasteiger partial charge in [0.05, 0.1) is 6.61 Å². The van der Waals surface area contributed by atoms with Crippen LogP contribution in [0.2, 0.25) is 0 Å². The first-order valence-corrected chi connectivity index (χ1v) is 9.74. The number of rotatable bonds is 8. The summed E-state index contributed by atoms with van der Waals surface area (Å²) in [5.74, 6) is 0.745. The minimum atomic E-state index is -0.0338. The minimum Gasteiger partial charge on any atom is -0.384 e. The molecule has 0 spiro atoms. The molecule has 1 amide bonds. The SMILES string of the molecule is COCC1(CNC(=O)c2ccc(CSc3ncn[nH]3)cc2)CCNCC1.Cl.Cl. The Morgan fingerprint density at radius 3 is 2.57 bits per heavy atom. The Morgan fingerprint density at radius 2 is 1.96 bits per heavy atom. The van der Waals surface area contributed by atoms with E-state index in [2.05, 4.69) is 25.8 Å². The number of ether oxygens (including phenoxy) is 1. The van der Waals surface area contributed by atoms with Crippen LogP contribution in [0.4, 0.5) is 0 Å². The maximum Gasteiger partial charge on any atom is 0.251 e. The first kappa shape index (κ1) is 24.7. The van der Waals surface area contributed by atoms with Crippen LogP contribution in [-0.2, 0) is 10.5 Å². The number of hydrogen-bond acceptors (Lipinski definition) is 6. The van der Waals surface area contributed by atoms with Crippen LogP contribution in [0.15, 0.2) is 35.7 Å². The number of piperidine rings is 1. The quantitative estimate of drug-likeness (QED) is 0.538. The number of carbonyl (C=O) groups excluding carboxylic acids is 1. The summed E-state index contributed by atoms with van der Waals surface area (Å²) in [7, 11) is 1.72. The van der Waals surface area contributed by atoms with E-state index in [1.165, 1.54) is 6.33 Å². The Labute approximate surface area is 182 Å². The number of thioether (sulfide) groups is 1. The van der Waals surface area contributed by atoms with Crippen LogP contribution in [0.1, 0.15) is 28.8 Å². The summed E-state index contributed by atoms with van der Waals surface area (Å²) in [5, 5.41) is 13.9. The lowest BCUT2D eigenvalue weighted by Gasteiger charge is -2.37. The van der Waals surface area contributed by atoms with Gasteiger partial charge in [-0.25, -0.2) is 4.98 Å². The molecule has 1 aromatic carbocycles. The van der Waals surface area contributed by atoms with Crippen LogP contribution in [0, 0.1) is 5.41 Å². The molecule has 0 unspecified atom stereocenters.